The molecule has 5 nitrogen and oxygen atoms in total. The van der Waals surface area contributed by atoms with Gasteiger partial charge in [-0.15, -0.1) is 10.2 Å². The van der Waals surface area contributed by atoms with Crippen molar-refractivity contribution in [3.05, 3.63) is 9.47 Å². The SMILES string of the molecule is CN(CC1CCCN1C)C(=O)c1nnc(Cl)s1. The number of likely N-dealkylation sites (tertiary alicyclic amines) is 1. The molecule has 0 saturated carbocycles. The van der Waals surface area contributed by atoms with Crippen LogP contribution in [0.5, 0.6) is 0 Å². The lowest BCUT2D eigenvalue weighted by Crippen LogP contribution is -2.39. The fourth-order valence-corrected chi connectivity index (χ4v) is 2.89. The van der Waals surface area contributed by atoms with Crippen molar-refractivity contribution in [2.24, 2.45) is 0 Å². The summed E-state index contributed by atoms with van der Waals surface area (Å²) in [6.07, 6.45) is 2.35. The summed E-state index contributed by atoms with van der Waals surface area (Å²) in [6.45, 7) is 1.84. The van der Waals surface area contributed by atoms with Gasteiger partial charge in [0.15, 0.2) is 0 Å². The summed E-state index contributed by atoms with van der Waals surface area (Å²) in [4.78, 5) is 16.0. The molecule has 0 radical (unpaired) electrons. The topological polar surface area (TPSA) is 49.3 Å². The maximum atomic E-state index is 12.0. The lowest BCUT2D eigenvalue weighted by molar-refractivity contribution is 0.0760. The molecule has 94 valence electrons. The predicted molar refractivity (Wildman–Crippen MR) is 67.5 cm³/mol. The zero-order chi connectivity index (χ0) is 12.4. The van der Waals surface area contributed by atoms with E-state index in [0.29, 0.717) is 15.5 Å². The molecule has 0 N–H and O–H groups in total. The predicted octanol–water partition coefficient (Wildman–Crippen LogP) is 1.36. The fourth-order valence-electron chi connectivity index (χ4n) is 2.06. The van der Waals surface area contributed by atoms with Crippen LogP contribution in [0.4, 0.5) is 0 Å². The third-order valence-electron chi connectivity index (χ3n) is 3.09. The van der Waals surface area contributed by atoms with E-state index in [4.69, 9.17) is 11.6 Å². The van der Waals surface area contributed by atoms with Crippen molar-refractivity contribution in [1.29, 1.82) is 0 Å². The van der Waals surface area contributed by atoms with Crippen LogP contribution in [-0.2, 0) is 0 Å². The first-order valence-electron chi connectivity index (χ1n) is 5.52. The van der Waals surface area contributed by atoms with E-state index in [1.165, 1.54) is 6.42 Å². The molecule has 0 bridgehead atoms. The zero-order valence-corrected chi connectivity index (χ0v) is 11.5. The molecule has 0 aromatic carbocycles. The Balaban J connectivity index is 1.95. The number of likely N-dealkylation sites (N-methyl/N-ethyl adjacent to an activating group) is 2. The first-order valence-corrected chi connectivity index (χ1v) is 6.72. The Labute approximate surface area is 109 Å². The smallest absolute Gasteiger partial charge is 0.284 e. The molecule has 2 rings (SSSR count). The minimum atomic E-state index is -0.102. The lowest BCUT2D eigenvalue weighted by atomic mass is 10.2. The highest BCUT2D eigenvalue weighted by molar-refractivity contribution is 7.17. The van der Waals surface area contributed by atoms with E-state index in [9.17, 15) is 4.79 Å². The van der Waals surface area contributed by atoms with Gasteiger partial charge in [-0.25, -0.2) is 0 Å². The monoisotopic (exact) mass is 274 g/mol. The van der Waals surface area contributed by atoms with Gasteiger partial charge in [-0.3, -0.25) is 4.79 Å². The first-order chi connectivity index (χ1) is 8.08. The van der Waals surface area contributed by atoms with Crippen LogP contribution in [-0.4, -0.2) is 59.1 Å². The van der Waals surface area contributed by atoms with Crippen molar-refractivity contribution in [3.8, 4) is 0 Å². The van der Waals surface area contributed by atoms with Crippen LogP contribution in [0.2, 0.25) is 4.47 Å². The van der Waals surface area contributed by atoms with Crippen LogP contribution in [0.3, 0.4) is 0 Å². The third kappa shape index (κ3) is 2.94. The Bertz CT molecular complexity index is 411. The summed E-state index contributed by atoms with van der Waals surface area (Å²) in [5, 5.41) is 7.76. The zero-order valence-electron chi connectivity index (χ0n) is 9.89. The van der Waals surface area contributed by atoms with Crippen LogP contribution in [0.15, 0.2) is 0 Å². The van der Waals surface area contributed by atoms with Crippen molar-refractivity contribution in [1.82, 2.24) is 20.0 Å². The van der Waals surface area contributed by atoms with E-state index in [0.717, 1.165) is 30.8 Å². The van der Waals surface area contributed by atoms with Crippen molar-refractivity contribution < 1.29 is 4.79 Å². The first kappa shape index (κ1) is 12.7. The summed E-state index contributed by atoms with van der Waals surface area (Å²) in [7, 11) is 3.89. The molecule has 1 aliphatic heterocycles. The van der Waals surface area contributed by atoms with Crippen molar-refractivity contribution in [2.75, 3.05) is 27.2 Å². The average molecular weight is 275 g/mol. The van der Waals surface area contributed by atoms with Gasteiger partial charge in [-0.2, -0.15) is 0 Å². The minimum absolute atomic E-state index is 0.102. The van der Waals surface area contributed by atoms with Crippen LogP contribution in [0.25, 0.3) is 0 Å². The molecule has 1 aromatic heterocycles. The number of halogens is 1. The van der Waals surface area contributed by atoms with Crippen LogP contribution in [0.1, 0.15) is 22.6 Å². The second-order valence-corrected chi connectivity index (χ2v) is 5.88. The fraction of sp³-hybridized carbons (Fsp3) is 0.700. The van der Waals surface area contributed by atoms with Gasteiger partial charge in [0.1, 0.15) is 0 Å². The van der Waals surface area contributed by atoms with Gasteiger partial charge in [-0.05, 0) is 38.0 Å². The second kappa shape index (κ2) is 5.29. The van der Waals surface area contributed by atoms with Gasteiger partial charge in [0.25, 0.3) is 5.91 Å². The van der Waals surface area contributed by atoms with E-state index < -0.39 is 0 Å². The summed E-state index contributed by atoms with van der Waals surface area (Å²) in [6, 6.07) is 0.451. The molecule has 1 unspecified atom stereocenters. The highest BCUT2D eigenvalue weighted by Crippen LogP contribution is 2.19. The molecule has 1 fully saturated rings. The Morgan fingerprint density at radius 3 is 2.94 bits per heavy atom. The third-order valence-corrected chi connectivity index (χ3v) is 4.09. The largest absolute Gasteiger partial charge is 0.338 e. The minimum Gasteiger partial charge on any atom is -0.338 e. The normalized spacial score (nSPS) is 20.8. The standard InChI is InChI=1S/C10H15ClN4OS/c1-14-5-3-4-7(14)6-15(2)9(16)8-12-13-10(11)17-8/h7H,3-6H2,1-2H3. The number of carbonyl (C=O) groups is 1. The highest BCUT2D eigenvalue weighted by Gasteiger charge is 2.25. The summed E-state index contributed by atoms with van der Waals surface area (Å²) < 4.78 is 0.305. The van der Waals surface area contributed by atoms with E-state index >= 15 is 0 Å². The highest BCUT2D eigenvalue weighted by atomic mass is 35.5. The molecule has 0 aliphatic carbocycles. The maximum absolute atomic E-state index is 12.0. The van der Waals surface area contributed by atoms with E-state index in [-0.39, 0.29) is 5.91 Å². The number of carbonyl (C=O) groups excluding carboxylic acids is 1. The molecule has 0 spiro atoms. The molecule has 1 amide bonds. The van der Waals surface area contributed by atoms with Gasteiger partial charge in [-0.1, -0.05) is 11.3 Å². The average Bonchev–Trinajstić information content (AvgIpc) is 2.88. The Morgan fingerprint density at radius 2 is 2.41 bits per heavy atom. The number of hydrogen-bond donors (Lipinski definition) is 0. The van der Waals surface area contributed by atoms with Crippen molar-refractivity contribution >= 4 is 28.8 Å². The van der Waals surface area contributed by atoms with Gasteiger partial charge in [0.05, 0.1) is 0 Å². The van der Waals surface area contributed by atoms with E-state index in [1.54, 1.807) is 11.9 Å². The Kier molecular flexibility index (Phi) is 3.96. The van der Waals surface area contributed by atoms with E-state index in [2.05, 4.69) is 22.1 Å². The Morgan fingerprint density at radius 1 is 1.65 bits per heavy atom. The second-order valence-electron chi connectivity index (χ2n) is 4.32. The number of rotatable bonds is 3. The maximum Gasteiger partial charge on any atom is 0.284 e. The molecule has 7 heteroatoms. The van der Waals surface area contributed by atoms with Crippen LogP contribution in [0, 0.1) is 0 Å². The van der Waals surface area contributed by atoms with Gasteiger partial charge in [0, 0.05) is 19.6 Å². The molecule has 2 heterocycles. The summed E-state index contributed by atoms with van der Waals surface area (Å²) in [5.74, 6) is -0.102. The van der Waals surface area contributed by atoms with Gasteiger partial charge >= 0.3 is 0 Å². The summed E-state index contributed by atoms with van der Waals surface area (Å²) >= 11 is 6.79. The molecule has 1 aromatic rings. The van der Waals surface area contributed by atoms with Crippen LogP contribution >= 0.6 is 22.9 Å². The number of nitrogens with zero attached hydrogens (tertiary/aromatic N) is 4. The van der Waals surface area contributed by atoms with Crippen molar-refractivity contribution in [2.45, 2.75) is 18.9 Å². The van der Waals surface area contributed by atoms with E-state index in [1.807, 2.05) is 0 Å². The van der Waals surface area contributed by atoms with Crippen molar-refractivity contribution in [3.63, 3.8) is 0 Å². The molecule has 1 saturated heterocycles. The van der Waals surface area contributed by atoms with Crippen LogP contribution < -0.4 is 0 Å². The molecule has 1 atom stereocenters. The summed E-state index contributed by atoms with van der Waals surface area (Å²) in [5.41, 5.74) is 0. The quantitative estimate of drug-likeness (QED) is 0.835. The van der Waals surface area contributed by atoms with Gasteiger partial charge < -0.3 is 9.80 Å². The number of aromatic nitrogens is 2. The number of hydrogen-bond acceptors (Lipinski definition) is 5. The molecule has 1 aliphatic rings. The molecule has 17 heavy (non-hydrogen) atoms. The molecular formula is C10H15ClN4OS. The Hall–Kier alpha value is -0.720. The number of amides is 1. The molecular weight excluding hydrogens is 260 g/mol. The lowest BCUT2D eigenvalue weighted by Gasteiger charge is -2.25. The van der Waals surface area contributed by atoms with Gasteiger partial charge in [0.2, 0.25) is 9.47 Å².